The van der Waals surface area contributed by atoms with E-state index in [1.54, 1.807) is 5.38 Å². The quantitative estimate of drug-likeness (QED) is 0.634. The molecule has 0 amide bonds. The molecule has 88 valence electrons. The van der Waals surface area contributed by atoms with Crippen molar-refractivity contribution in [3.8, 4) is 0 Å². The minimum Gasteiger partial charge on any atom is -0.462 e. The van der Waals surface area contributed by atoms with E-state index in [0.29, 0.717) is 23.0 Å². The average Bonchev–Trinajstić information content (AvgIpc) is 2.69. The van der Waals surface area contributed by atoms with E-state index in [1.165, 1.54) is 11.3 Å². The predicted molar refractivity (Wildman–Crippen MR) is 66.0 cm³/mol. The summed E-state index contributed by atoms with van der Waals surface area (Å²) in [6, 6.07) is 0. The summed E-state index contributed by atoms with van der Waals surface area (Å²) in [5, 5.41) is 2.23. The number of carbonyl (C=O) groups excluding carboxylic acids is 1. The molecular weight excluding hydrogens is 224 g/mol. The summed E-state index contributed by atoms with van der Waals surface area (Å²) in [5.41, 5.74) is 6.65. The van der Waals surface area contributed by atoms with Crippen LogP contribution in [0, 0.1) is 0 Å². The van der Waals surface area contributed by atoms with Crippen molar-refractivity contribution in [3.05, 3.63) is 17.2 Å². The number of nitrogen functional groups attached to an aromatic ring is 1. The Morgan fingerprint density at radius 3 is 2.88 bits per heavy atom. The summed E-state index contributed by atoms with van der Waals surface area (Å²) >= 11 is 1.32. The molecule has 0 aliphatic rings. The molecule has 0 aromatic carbocycles. The first-order chi connectivity index (χ1) is 7.69. The lowest BCUT2D eigenvalue weighted by Crippen LogP contribution is -2.08. The molecule has 0 aliphatic carbocycles. The van der Waals surface area contributed by atoms with Gasteiger partial charge >= 0.3 is 5.97 Å². The SMILES string of the molecule is CCC=C(C(=O)OCCC)c1csc(N)n1. The van der Waals surface area contributed by atoms with Gasteiger partial charge in [0.25, 0.3) is 0 Å². The second kappa shape index (κ2) is 6.27. The molecular formula is C11H16N2O2S. The molecule has 16 heavy (non-hydrogen) atoms. The second-order valence-corrected chi connectivity index (χ2v) is 4.12. The molecule has 0 spiro atoms. The van der Waals surface area contributed by atoms with Crippen molar-refractivity contribution in [2.45, 2.75) is 26.7 Å². The Hall–Kier alpha value is -1.36. The first-order valence-corrected chi connectivity index (χ1v) is 6.15. The van der Waals surface area contributed by atoms with Crippen LogP contribution in [0.25, 0.3) is 5.57 Å². The van der Waals surface area contributed by atoms with E-state index in [9.17, 15) is 4.79 Å². The molecule has 0 saturated heterocycles. The first kappa shape index (κ1) is 12.7. The van der Waals surface area contributed by atoms with Crippen LogP contribution in [0.3, 0.4) is 0 Å². The van der Waals surface area contributed by atoms with Gasteiger partial charge in [0.15, 0.2) is 5.13 Å². The maximum absolute atomic E-state index is 11.7. The Morgan fingerprint density at radius 1 is 1.62 bits per heavy atom. The van der Waals surface area contributed by atoms with E-state index in [0.717, 1.165) is 12.8 Å². The van der Waals surface area contributed by atoms with E-state index in [4.69, 9.17) is 10.5 Å². The lowest BCUT2D eigenvalue weighted by atomic mass is 10.2. The summed E-state index contributed by atoms with van der Waals surface area (Å²) < 4.78 is 5.09. The van der Waals surface area contributed by atoms with Crippen LogP contribution in [0.5, 0.6) is 0 Å². The number of nitrogens with zero attached hydrogens (tertiary/aromatic N) is 1. The van der Waals surface area contributed by atoms with Crippen molar-refractivity contribution < 1.29 is 9.53 Å². The minimum absolute atomic E-state index is 0.325. The van der Waals surface area contributed by atoms with E-state index >= 15 is 0 Å². The molecule has 1 aromatic heterocycles. The van der Waals surface area contributed by atoms with Crippen LogP contribution in [-0.2, 0) is 9.53 Å². The Labute approximate surface area is 99.1 Å². The van der Waals surface area contributed by atoms with Gasteiger partial charge in [-0.3, -0.25) is 0 Å². The fraction of sp³-hybridized carbons (Fsp3) is 0.455. The number of hydrogen-bond acceptors (Lipinski definition) is 5. The van der Waals surface area contributed by atoms with E-state index in [2.05, 4.69) is 4.98 Å². The second-order valence-electron chi connectivity index (χ2n) is 3.23. The number of anilines is 1. The number of aromatic nitrogens is 1. The fourth-order valence-electron chi connectivity index (χ4n) is 1.18. The van der Waals surface area contributed by atoms with E-state index < -0.39 is 0 Å². The number of allylic oxidation sites excluding steroid dienone is 1. The molecule has 1 aromatic rings. The molecule has 0 unspecified atom stereocenters. The monoisotopic (exact) mass is 240 g/mol. The first-order valence-electron chi connectivity index (χ1n) is 5.27. The van der Waals surface area contributed by atoms with Gasteiger partial charge in [-0.2, -0.15) is 0 Å². The van der Waals surface area contributed by atoms with Crippen LogP contribution >= 0.6 is 11.3 Å². The Kier molecular flexibility index (Phi) is 4.98. The minimum atomic E-state index is -0.325. The third-order valence-corrected chi connectivity index (χ3v) is 2.54. The van der Waals surface area contributed by atoms with Gasteiger partial charge in [-0.15, -0.1) is 11.3 Å². The van der Waals surface area contributed by atoms with Gasteiger partial charge in [-0.25, -0.2) is 9.78 Å². The molecule has 0 atom stereocenters. The number of carbonyl (C=O) groups is 1. The van der Waals surface area contributed by atoms with Crippen molar-refractivity contribution in [2.75, 3.05) is 12.3 Å². The van der Waals surface area contributed by atoms with Crippen LogP contribution in [0.4, 0.5) is 5.13 Å². The lowest BCUT2D eigenvalue weighted by Gasteiger charge is -2.04. The molecule has 4 nitrogen and oxygen atoms in total. The number of nitrogens with two attached hydrogens (primary N) is 1. The predicted octanol–water partition coefficient (Wildman–Crippen LogP) is 2.47. The number of esters is 1. The molecule has 1 heterocycles. The molecule has 0 aliphatic heterocycles. The average molecular weight is 240 g/mol. The summed E-state index contributed by atoms with van der Waals surface area (Å²) in [5.74, 6) is -0.325. The van der Waals surface area contributed by atoms with Crippen LogP contribution in [0.1, 0.15) is 32.4 Å². The van der Waals surface area contributed by atoms with Gasteiger partial charge in [-0.1, -0.05) is 19.9 Å². The maximum Gasteiger partial charge on any atom is 0.340 e. The molecule has 5 heteroatoms. The summed E-state index contributed by atoms with van der Waals surface area (Å²) in [4.78, 5) is 15.8. The van der Waals surface area contributed by atoms with Crippen molar-refractivity contribution in [3.63, 3.8) is 0 Å². The van der Waals surface area contributed by atoms with Crippen LogP contribution < -0.4 is 5.73 Å². The van der Waals surface area contributed by atoms with Crippen LogP contribution in [-0.4, -0.2) is 17.6 Å². The molecule has 0 fully saturated rings. The maximum atomic E-state index is 11.7. The molecule has 0 saturated carbocycles. The van der Waals surface area contributed by atoms with Gasteiger partial charge in [0, 0.05) is 5.38 Å². The third kappa shape index (κ3) is 3.34. The number of thiazole rings is 1. The van der Waals surface area contributed by atoms with Crippen LogP contribution in [0.15, 0.2) is 11.5 Å². The highest BCUT2D eigenvalue weighted by Crippen LogP contribution is 2.21. The highest BCUT2D eigenvalue weighted by Gasteiger charge is 2.15. The molecule has 0 radical (unpaired) electrons. The molecule has 2 N–H and O–H groups in total. The van der Waals surface area contributed by atoms with Gasteiger partial charge in [0.1, 0.15) is 0 Å². The summed E-state index contributed by atoms with van der Waals surface area (Å²) in [6.07, 6.45) is 3.38. The number of hydrogen-bond donors (Lipinski definition) is 1. The van der Waals surface area contributed by atoms with Crippen molar-refractivity contribution in [1.29, 1.82) is 0 Å². The van der Waals surface area contributed by atoms with E-state index in [-0.39, 0.29) is 5.97 Å². The zero-order valence-corrected chi connectivity index (χ0v) is 10.3. The third-order valence-electron chi connectivity index (χ3n) is 1.86. The van der Waals surface area contributed by atoms with E-state index in [1.807, 2.05) is 19.9 Å². The smallest absolute Gasteiger partial charge is 0.340 e. The highest BCUT2D eigenvalue weighted by molar-refractivity contribution is 7.13. The van der Waals surface area contributed by atoms with Gasteiger partial charge in [0.2, 0.25) is 0 Å². The Morgan fingerprint density at radius 2 is 2.38 bits per heavy atom. The summed E-state index contributed by atoms with van der Waals surface area (Å²) in [7, 11) is 0. The zero-order valence-electron chi connectivity index (χ0n) is 9.53. The van der Waals surface area contributed by atoms with Gasteiger partial charge in [-0.05, 0) is 12.8 Å². The highest BCUT2D eigenvalue weighted by atomic mass is 32.1. The number of ether oxygens (including phenoxy) is 1. The topological polar surface area (TPSA) is 65.2 Å². The Bertz CT molecular complexity index is 385. The van der Waals surface area contributed by atoms with Crippen molar-refractivity contribution in [1.82, 2.24) is 4.98 Å². The van der Waals surface area contributed by atoms with Gasteiger partial charge < -0.3 is 10.5 Å². The standard InChI is InChI=1S/C11H16N2O2S/c1-3-5-8(10(14)15-6-4-2)9-7-16-11(12)13-9/h5,7H,3-4,6H2,1-2H3,(H2,12,13). The fourth-order valence-corrected chi connectivity index (χ4v) is 1.74. The van der Waals surface area contributed by atoms with Gasteiger partial charge in [0.05, 0.1) is 17.9 Å². The number of rotatable bonds is 5. The Balaban J connectivity index is 2.83. The largest absolute Gasteiger partial charge is 0.462 e. The van der Waals surface area contributed by atoms with Crippen LogP contribution in [0.2, 0.25) is 0 Å². The molecule has 0 bridgehead atoms. The molecule has 1 rings (SSSR count). The van der Waals surface area contributed by atoms with Crippen molar-refractivity contribution >= 4 is 28.0 Å². The lowest BCUT2D eigenvalue weighted by molar-refractivity contribution is -0.136. The normalized spacial score (nSPS) is 11.5. The van der Waals surface area contributed by atoms with Crippen molar-refractivity contribution in [2.24, 2.45) is 0 Å². The summed E-state index contributed by atoms with van der Waals surface area (Å²) in [6.45, 7) is 4.35. The zero-order chi connectivity index (χ0) is 12.0.